The maximum absolute atomic E-state index is 4.90. The molecule has 0 aromatic carbocycles. The van der Waals surface area contributed by atoms with Crippen LogP contribution < -0.4 is 0 Å². The molecule has 0 aliphatic rings. The van der Waals surface area contributed by atoms with Gasteiger partial charge in [0, 0.05) is 5.41 Å². The van der Waals surface area contributed by atoms with Crippen LogP contribution in [0.5, 0.6) is 0 Å². The van der Waals surface area contributed by atoms with Gasteiger partial charge >= 0.3 is 0 Å². The molecule has 0 radical (unpaired) electrons. The fraction of sp³-hybridized carbons (Fsp3) is 0.889. The third kappa shape index (κ3) is 7.10. The lowest BCUT2D eigenvalue weighted by atomic mass is 9.81. The molecule has 0 aliphatic carbocycles. The maximum Gasteiger partial charge on any atom is 0.213 e. The Labute approximate surface area is 130 Å². The summed E-state index contributed by atoms with van der Waals surface area (Å²) in [6.07, 6.45) is 17.5. The van der Waals surface area contributed by atoms with Crippen LogP contribution >= 0.6 is 0 Å². The summed E-state index contributed by atoms with van der Waals surface area (Å²) >= 11 is 0. The summed E-state index contributed by atoms with van der Waals surface area (Å²) in [7, 11) is 0. The summed E-state index contributed by atoms with van der Waals surface area (Å²) in [4.78, 5) is 4.25. The van der Waals surface area contributed by atoms with E-state index in [4.69, 9.17) is 4.52 Å². The highest BCUT2D eigenvalue weighted by atomic mass is 16.5. The molecule has 1 aromatic rings. The first-order valence-corrected chi connectivity index (χ1v) is 9.00. The molecule has 122 valence electrons. The molecule has 1 heterocycles. The van der Waals surface area contributed by atoms with Crippen LogP contribution in [0.1, 0.15) is 104 Å². The molecule has 0 spiro atoms. The predicted molar refractivity (Wildman–Crippen MR) is 88.4 cm³/mol. The minimum atomic E-state index is 0.0904. The van der Waals surface area contributed by atoms with E-state index in [0.29, 0.717) is 0 Å². The SMILES string of the molecule is CCCCCCCCCCCCC(C)(CC)c1ncon1. The number of nitrogens with zero attached hydrogens (tertiary/aromatic N) is 2. The Kier molecular flexibility index (Phi) is 9.36. The largest absolute Gasteiger partial charge is 0.343 e. The summed E-state index contributed by atoms with van der Waals surface area (Å²) < 4.78 is 4.90. The summed E-state index contributed by atoms with van der Waals surface area (Å²) in [5, 5.41) is 4.04. The monoisotopic (exact) mass is 294 g/mol. The van der Waals surface area contributed by atoms with Gasteiger partial charge in [-0.05, 0) is 12.8 Å². The van der Waals surface area contributed by atoms with Crippen molar-refractivity contribution in [1.29, 1.82) is 0 Å². The topological polar surface area (TPSA) is 38.9 Å². The second kappa shape index (κ2) is 10.8. The summed E-state index contributed by atoms with van der Waals surface area (Å²) in [6, 6.07) is 0. The number of hydrogen-bond donors (Lipinski definition) is 0. The first kappa shape index (κ1) is 18.2. The van der Waals surface area contributed by atoms with Crippen LogP contribution in [0.4, 0.5) is 0 Å². The zero-order valence-corrected chi connectivity index (χ0v) is 14.4. The number of aromatic nitrogens is 2. The van der Waals surface area contributed by atoms with E-state index in [9.17, 15) is 0 Å². The van der Waals surface area contributed by atoms with Gasteiger partial charge < -0.3 is 4.52 Å². The molecule has 1 rings (SSSR count). The molecule has 0 bridgehead atoms. The van der Waals surface area contributed by atoms with Gasteiger partial charge in [0.1, 0.15) is 0 Å². The van der Waals surface area contributed by atoms with Crippen LogP contribution in [0.2, 0.25) is 0 Å². The third-order valence-corrected chi connectivity index (χ3v) is 4.76. The Balaban J connectivity index is 2.03. The van der Waals surface area contributed by atoms with Gasteiger partial charge in [0.25, 0.3) is 0 Å². The lowest BCUT2D eigenvalue weighted by Gasteiger charge is -2.24. The van der Waals surface area contributed by atoms with E-state index in [1.54, 1.807) is 0 Å². The lowest BCUT2D eigenvalue weighted by Crippen LogP contribution is -2.22. The fourth-order valence-electron chi connectivity index (χ4n) is 2.89. The van der Waals surface area contributed by atoms with Crippen LogP contribution in [-0.2, 0) is 5.41 Å². The van der Waals surface area contributed by atoms with Gasteiger partial charge in [-0.2, -0.15) is 4.98 Å². The van der Waals surface area contributed by atoms with Crippen molar-refractivity contribution in [2.24, 2.45) is 0 Å². The van der Waals surface area contributed by atoms with Gasteiger partial charge in [0.15, 0.2) is 5.82 Å². The van der Waals surface area contributed by atoms with Crippen LogP contribution in [0.25, 0.3) is 0 Å². The highest BCUT2D eigenvalue weighted by Crippen LogP contribution is 2.30. The number of unbranched alkanes of at least 4 members (excludes halogenated alkanes) is 9. The minimum absolute atomic E-state index is 0.0904. The second-order valence-corrected chi connectivity index (χ2v) is 6.60. The molecule has 0 N–H and O–H groups in total. The van der Waals surface area contributed by atoms with Gasteiger partial charge in [-0.3, -0.25) is 0 Å². The van der Waals surface area contributed by atoms with Crippen molar-refractivity contribution >= 4 is 0 Å². The van der Waals surface area contributed by atoms with E-state index in [1.165, 1.54) is 77.0 Å². The molecule has 1 atom stereocenters. The Morgan fingerprint density at radius 2 is 1.48 bits per heavy atom. The highest BCUT2D eigenvalue weighted by molar-refractivity contribution is 5.01. The summed E-state index contributed by atoms with van der Waals surface area (Å²) in [5.41, 5.74) is 0.0904. The zero-order chi connectivity index (χ0) is 15.4. The van der Waals surface area contributed by atoms with Gasteiger partial charge in [0.05, 0.1) is 0 Å². The molecule has 0 saturated carbocycles. The Hall–Kier alpha value is -0.860. The van der Waals surface area contributed by atoms with Crippen molar-refractivity contribution in [2.75, 3.05) is 0 Å². The molecule has 3 heteroatoms. The van der Waals surface area contributed by atoms with Crippen LogP contribution in [0, 0.1) is 0 Å². The summed E-state index contributed by atoms with van der Waals surface area (Å²) in [5.74, 6) is 0.876. The molecule has 0 amide bonds. The normalized spacial score (nSPS) is 14.2. The average molecular weight is 294 g/mol. The Morgan fingerprint density at radius 1 is 0.905 bits per heavy atom. The first-order valence-electron chi connectivity index (χ1n) is 9.00. The molecule has 1 unspecified atom stereocenters. The molecule has 1 aromatic heterocycles. The molecule has 0 saturated heterocycles. The fourth-order valence-corrected chi connectivity index (χ4v) is 2.89. The maximum atomic E-state index is 4.90. The molecule has 0 aliphatic heterocycles. The van der Waals surface area contributed by atoms with Gasteiger partial charge in [-0.1, -0.05) is 90.1 Å². The smallest absolute Gasteiger partial charge is 0.213 e. The van der Waals surface area contributed by atoms with Gasteiger partial charge in [-0.25, -0.2) is 0 Å². The quantitative estimate of drug-likeness (QED) is 0.416. The van der Waals surface area contributed by atoms with Crippen molar-refractivity contribution in [3.63, 3.8) is 0 Å². The van der Waals surface area contributed by atoms with E-state index >= 15 is 0 Å². The van der Waals surface area contributed by atoms with Crippen LogP contribution in [0.3, 0.4) is 0 Å². The highest BCUT2D eigenvalue weighted by Gasteiger charge is 2.28. The second-order valence-electron chi connectivity index (χ2n) is 6.60. The molecule has 21 heavy (non-hydrogen) atoms. The van der Waals surface area contributed by atoms with Crippen molar-refractivity contribution in [3.05, 3.63) is 12.2 Å². The van der Waals surface area contributed by atoms with E-state index in [1.807, 2.05) is 0 Å². The van der Waals surface area contributed by atoms with Gasteiger partial charge in [0.2, 0.25) is 6.39 Å². The number of rotatable bonds is 13. The van der Waals surface area contributed by atoms with Gasteiger partial charge in [-0.15, -0.1) is 0 Å². The van der Waals surface area contributed by atoms with Crippen molar-refractivity contribution in [1.82, 2.24) is 10.1 Å². The lowest BCUT2D eigenvalue weighted by molar-refractivity contribution is 0.341. The molecular formula is C18H34N2O. The van der Waals surface area contributed by atoms with Crippen LogP contribution in [-0.4, -0.2) is 10.1 Å². The molecule has 0 fully saturated rings. The van der Waals surface area contributed by atoms with Crippen molar-refractivity contribution < 1.29 is 4.52 Å². The standard InChI is InChI=1S/C18H34N2O/c1-4-6-7-8-9-10-11-12-13-14-15-18(3,5-2)17-19-16-21-20-17/h16H,4-15H2,1-3H3. The first-order chi connectivity index (χ1) is 10.2. The number of hydrogen-bond acceptors (Lipinski definition) is 3. The van der Waals surface area contributed by atoms with E-state index in [2.05, 4.69) is 30.9 Å². The van der Waals surface area contributed by atoms with E-state index in [0.717, 1.165) is 12.2 Å². The minimum Gasteiger partial charge on any atom is -0.343 e. The van der Waals surface area contributed by atoms with Crippen LogP contribution in [0.15, 0.2) is 10.9 Å². The van der Waals surface area contributed by atoms with Crippen molar-refractivity contribution in [2.45, 2.75) is 103 Å². The predicted octanol–water partition coefficient (Wildman–Crippen LogP) is 6.05. The van der Waals surface area contributed by atoms with E-state index in [-0.39, 0.29) is 5.41 Å². The molecular weight excluding hydrogens is 260 g/mol. The van der Waals surface area contributed by atoms with E-state index < -0.39 is 0 Å². The summed E-state index contributed by atoms with van der Waals surface area (Å²) in [6.45, 7) is 6.75. The average Bonchev–Trinajstić information content (AvgIpc) is 3.04. The third-order valence-electron chi connectivity index (χ3n) is 4.76. The van der Waals surface area contributed by atoms with Crippen molar-refractivity contribution in [3.8, 4) is 0 Å². The molecule has 3 nitrogen and oxygen atoms in total. The zero-order valence-electron chi connectivity index (χ0n) is 14.4. The Bertz CT molecular complexity index is 337. The Morgan fingerprint density at radius 3 is 1.95 bits per heavy atom.